The first-order chi connectivity index (χ1) is 8.47. The van der Waals surface area contributed by atoms with Gasteiger partial charge < -0.3 is 0 Å². The van der Waals surface area contributed by atoms with E-state index in [0.717, 1.165) is 12.3 Å². The van der Waals surface area contributed by atoms with E-state index < -0.39 is 12.6 Å². The topological polar surface area (TPSA) is 0 Å². The van der Waals surface area contributed by atoms with Gasteiger partial charge in [0, 0.05) is 0 Å². The molecule has 104 valence electrons. The second-order valence-electron chi connectivity index (χ2n) is 5.26. The minimum absolute atomic E-state index is 0.709. The van der Waals surface area contributed by atoms with Gasteiger partial charge in [0.05, 0.1) is 6.42 Å². The van der Waals surface area contributed by atoms with E-state index in [2.05, 4.69) is 0 Å². The zero-order chi connectivity index (χ0) is 13.4. The van der Waals surface area contributed by atoms with Gasteiger partial charge >= 0.3 is 6.18 Å². The van der Waals surface area contributed by atoms with Crippen LogP contribution in [0.1, 0.15) is 58.3 Å². The van der Waals surface area contributed by atoms with Crippen LogP contribution in [0.15, 0.2) is 23.8 Å². The van der Waals surface area contributed by atoms with Gasteiger partial charge in [-0.3, -0.25) is 0 Å². The fraction of sp³-hybridized carbons (Fsp3) is 0.733. The third-order valence-corrected chi connectivity index (χ3v) is 3.48. The lowest BCUT2D eigenvalue weighted by molar-refractivity contribution is -0.125. The minimum atomic E-state index is -4.09. The Morgan fingerprint density at radius 2 is 1.72 bits per heavy atom. The first kappa shape index (κ1) is 15.3. The van der Waals surface area contributed by atoms with Crippen molar-refractivity contribution in [2.24, 2.45) is 5.92 Å². The highest BCUT2D eigenvalue weighted by Gasteiger charge is 2.24. The van der Waals surface area contributed by atoms with E-state index in [4.69, 9.17) is 0 Å². The van der Waals surface area contributed by atoms with E-state index in [-0.39, 0.29) is 0 Å². The van der Waals surface area contributed by atoms with Gasteiger partial charge in [-0.05, 0) is 19.3 Å². The summed E-state index contributed by atoms with van der Waals surface area (Å²) in [7, 11) is 0. The van der Waals surface area contributed by atoms with E-state index in [1.165, 1.54) is 44.6 Å². The Kier molecular flexibility index (Phi) is 6.51. The van der Waals surface area contributed by atoms with Crippen LogP contribution in [0.2, 0.25) is 0 Å². The summed E-state index contributed by atoms with van der Waals surface area (Å²) in [5.41, 5.74) is 0.709. The van der Waals surface area contributed by atoms with Crippen LogP contribution in [0.5, 0.6) is 0 Å². The molecule has 0 aromatic carbocycles. The molecule has 0 nitrogen and oxygen atoms in total. The smallest absolute Gasteiger partial charge is 0.171 e. The highest BCUT2D eigenvalue weighted by Crippen LogP contribution is 2.26. The predicted molar refractivity (Wildman–Crippen MR) is 69.4 cm³/mol. The Morgan fingerprint density at radius 3 is 2.28 bits per heavy atom. The van der Waals surface area contributed by atoms with Gasteiger partial charge in [-0.1, -0.05) is 62.3 Å². The molecule has 18 heavy (non-hydrogen) atoms. The van der Waals surface area contributed by atoms with E-state index >= 15 is 0 Å². The van der Waals surface area contributed by atoms with Crippen LogP contribution in [-0.2, 0) is 0 Å². The zero-order valence-electron chi connectivity index (χ0n) is 11.1. The standard InChI is InChI=1S/C15H23F3/c1-13(11-12-15(16,17)18)7-6-10-14-8-4-2-3-5-9-14/h6-7,11,14H,2-5,8-10,12H2,1H3/b7-6-,13-11-. The lowest BCUT2D eigenvalue weighted by atomic mass is 9.96. The Balaban J connectivity index is 2.30. The van der Waals surface area contributed by atoms with Crippen molar-refractivity contribution in [3.05, 3.63) is 23.8 Å². The summed E-state index contributed by atoms with van der Waals surface area (Å²) in [4.78, 5) is 0. The van der Waals surface area contributed by atoms with Crippen molar-refractivity contribution in [3.63, 3.8) is 0 Å². The normalized spacial score (nSPS) is 20.3. The van der Waals surface area contributed by atoms with E-state index in [9.17, 15) is 13.2 Å². The molecule has 0 amide bonds. The number of hydrogen-bond donors (Lipinski definition) is 0. The SMILES string of the molecule is CC(/C=C\CC1CCCCCC1)=C/CC(F)(F)F. The summed E-state index contributed by atoms with van der Waals surface area (Å²) in [5, 5.41) is 0. The van der Waals surface area contributed by atoms with E-state index in [1.807, 2.05) is 12.2 Å². The van der Waals surface area contributed by atoms with Crippen molar-refractivity contribution < 1.29 is 13.2 Å². The van der Waals surface area contributed by atoms with Gasteiger partial charge in [-0.2, -0.15) is 13.2 Å². The van der Waals surface area contributed by atoms with Gasteiger partial charge in [0.2, 0.25) is 0 Å². The molecule has 0 saturated heterocycles. The fourth-order valence-corrected chi connectivity index (χ4v) is 2.39. The van der Waals surface area contributed by atoms with Gasteiger partial charge in [-0.25, -0.2) is 0 Å². The van der Waals surface area contributed by atoms with Crippen LogP contribution < -0.4 is 0 Å². The Bertz CT molecular complexity index is 279. The summed E-state index contributed by atoms with van der Waals surface area (Å²) in [6, 6.07) is 0. The lowest BCUT2D eigenvalue weighted by Gasteiger charge is -2.10. The highest BCUT2D eigenvalue weighted by molar-refractivity contribution is 5.16. The average molecular weight is 260 g/mol. The van der Waals surface area contributed by atoms with Crippen LogP contribution >= 0.6 is 0 Å². The largest absolute Gasteiger partial charge is 0.392 e. The quantitative estimate of drug-likeness (QED) is 0.442. The van der Waals surface area contributed by atoms with Crippen molar-refractivity contribution in [1.82, 2.24) is 0 Å². The second-order valence-corrected chi connectivity index (χ2v) is 5.26. The fourth-order valence-electron chi connectivity index (χ4n) is 2.39. The molecule has 1 rings (SSSR count). The van der Waals surface area contributed by atoms with Crippen LogP contribution in [0.25, 0.3) is 0 Å². The number of rotatable bonds is 4. The Hall–Kier alpha value is -0.730. The monoisotopic (exact) mass is 260 g/mol. The van der Waals surface area contributed by atoms with Crippen molar-refractivity contribution in [2.45, 2.75) is 64.5 Å². The number of alkyl halides is 3. The molecule has 0 atom stereocenters. The average Bonchev–Trinajstić information content (AvgIpc) is 2.54. The van der Waals surface area contributed by atoms with Crippen LogP contribution in [0, 0.1) is 5.92 Å². The molecule has 0 aromatic heterocycles. The minimum Gasteiger partial charge on any atom is -0.171 e. The Labute approximate surface area is 108 Å². The van der Waals surface area contributed by atoms with Crippen LogP contribution in [-0.4, -0.2) is 6.18 Å². The lowest BCUT2D eigenvalue weighted by Crippen LogP contribution is -2.04. The van der Waals surface area contributed by atoms with E-state index in [1.54, 1.807) is 6.92 Å². The van der Waals surface area contributed by atoms with Crippen LogP contribution in [0.4, 0.5) is 13.2 Å². The molecule has 0 aromatic rings. The molecule has 0 heterocycles. The van der Waals surface area contributed by atoms with E-state index in [0.29, 0.717) is 5.57 Å². The molecule has 0 spiro atoms. The summed E-state index contributed by atoms with van der Waals surface area (Å²) in [6.45, 7) is 1.73. The third kappa shape index (κ3) is 7.57. The molecule has 0 bridgehead atoms. The first-order valence-corrected chi connectivity index (χ1v) is 6.87. The molecule has 1 aliphatic carbocycles. The number of allylic oxidation sites excluding steroid dienone is 4. The van der Waals surface area contributed by atoms with Crippen molar-refractivity contribution in [3.8, 4) is 0 Å². The highest BCUT2D eigenvalue weighted by atomic mass is 19.4. The summed E-state index contributed by atoms with van der Waals surface area (Å²) < 4.78 is 36.0. The summed E-state index contributed by atoms with van der Waals surface area (Å²) in [6.07, 6.45) is 9.06. The molecule has 0 aliphatic heterocycles. The second kappa shape index (κ2) is 7.65. The summed E-state index contributed by atoms with van der Waals surface area (Å²) in [5.74, 6) is 0.735. The zero-order valence-corrected chi connectivity index (χ0v) is 11.1. The molecule has 0 unspecified atom stereocenters. The van der Waals surface area contributed by atoms with Gasteiger partial charge in [-0.15, -0.1) is 0 Å². The molecule has 0 radical (unpaired) electrons. The molecule has 3 heteroatoms. The summed E-state index contributed by atoms with van der Waals surface area (Å²) >= 11 is 0. The molecule has 1 saturated carbocycles. The maximum absolute atomic E-state index is 12.0. The third-order valence-electron chi connectivity index (χ3n) is 3.48. The van der Waals surface area contributed by atoms with Gasteiger partial charge in [0.15, 0.2) is 0 Å². The van der Waals surface area contributed by atoms with Gasteiger partial charge in [0.1, 0.15) is 0 Å². The molecular formula is C15H23F3. The van der Waals surface area contributed by atoms with Gasteiger partial charge in [0.25, 0.3) is 0 Å². The Morgan fingerprint density at radius 1 is 1.11 bits per heavy atom. The van der Waals surface area contributed by atoms with Crippen molar-refractivity contribution in [2.75, 3.05) is 0 Å². The molecule has 0 N–H and O–H groups in total. The number of halogens is 3. The molecule has 1 fully saturated rings. The maximum Gasteiger partial charge on any atom is 0.392 e. The first-order valence-electron chi connectivity index (χ1n) is 6.87. The van der Waals surface area contributed by atoms with Crippen molar-refractivity contribution in [1.29, 1.82) is 0 Å². The maximum atomic E-state index is 12.0. The molecule has 1 aliphatic rings. The van der Waals surface area contributed by atoms with Crippen molar-refractivity contribution >= 4 is 0 Å². The van der Waals surface area contributed by atoms with Crippen LogP contribution in [0.3, 0.4) is 0 Å². The molecular weight excluding hydrogens is 237 g/mol. The predicted octanol–water partition coefficient (Wildman–Crippen LogP) is 5.80. The number of hydrogen-bond acceptors (Lipinski definition) is 0.